The first-order valence-corrected chi connectivity index (χ1v) is 18.1. The fraction of sp³-hybridized carbons (Fsp3) is 0. The Hall–Kier alpha value is -6.69. The topological polar surface area (TPSA) is 51.8 Å². The highest BCUT2D eigenvalue weighted by atomic mass is 32.1. The Kier molecular flexibility index (Phi) is 7.29. The molecule has 7 aromatic carbocycles. The van der Waals surface area contributed by atoms with Gasteiger partial charge in [0.05, 0.1) is 21.6 Å². The Morgan fingerprint density at radius 3 is 1.77 bits per heavy atom. The van der Waals surface area contributed by atoms with Gasteiger partial charge in [-0.3, -0.25) is 0 Å². The van der Waals surface area contributed by atoms with Gasteiger partial charge in [0.2, 0.25) is 0 Å². The summed E-state index contributed by atoms with van der Waals surface area (Å²) in [7, 11) is 0. The summed E-state index contributed by atoms with van der Waals surface area (Å²) in [6.07, 6.45) is 0. The van der Waals surface area contributed by atoms with Crippen LogP contribution >= 0.6 is 11.3 Å². The van der Waals surface area contributed by atoms with Gasteiger partial charge in [-0.1, -0.05) is 127 Å². The second-order valence-electron chi connectivity index (χ2n) is 12.9. The predicted molar refractivity (Wildman–Crippen MR) is 215 cm³/mol. The van der Waals surface area contributed by atoms with Crippen LogP contribution in [0.2, 0.25) is 0 Å². The molecule has 0 atom stereocenters. The number of para-hydroxylation sites is 1. The van der Waals surface area contributed by atoms with Gasteiger partial charge in [-0.25, -0.2) is 15.0 Å². The van der Waals surface area contributed by atoms with Gasteiger partial charge in [-0.05, 0) is 70.8 Å². The molecule has 0 amide bonds. The van der Waals surface area contributed by atoms with E-state index in [4.69, 9.17) is 19.4 Å². The number of thiazole rings is 1. The number of furan rings is 1. The van der Waals surface area contributed by atoms with Crippen molar-refractivity contribution in [1.82, 2.24) is 15.0 Å². The highest BCUT2D eigenvalue weighted by Crippen LogP contribution is 2.36. The fourth-order valence-corrected chi connectivity index (χ4v) is 7.88. The molecule has 0 unspecified atom stereocenters. The van der Waals surface area contributed by atoms with Crippen molar-refractivity contribution in [3.63, 3.8) is 0 Å². The molecule has 5 heteroatoms. The Bertz CT molecular complexity index is 2890. The van der Waals surface area contributed by atoms with E-state index in [2.05, 4.69) is 127 Å². The standard InChI is InChI=1S/C47H29N3OS/c1-3-10-31(11-4-1)41-29-42(37-23-25-44-39(27-37)38-16-7-8-17-43(38)51-44)49-46(48-41)32-20-18-30(19-21-32)34-14-9-15-35(26-34)36-22-24-40-45(28-36)52-47(50-40)33-12-5-2-6-13-33/h1-29H. The SMILES string of the molecule is c1ccc(-c2cc(-c3ccc4oc5ccccc5c4c3)nc(-c3ccc(-c4cccc(-c5ccc6nc(-c7ccccc7)sc6c5)c4)cc3)n2)cc1. The van der Waals surface area contributed by atoms with E-state index < -0.39 is 0 Å². The van der Waals surface area contributed by atoms with Crippen molar-refractivity contribution in [2.24, 2.45) is 0 Å². The van der Waals surface area contributed by atoms with Crippen molar-refractivity contribution in [3.8, 4) is 66.7 Å². The first-order valence-electron chi connectivity index (χ1n) is 17.3. The molecule has 0 fully saturated rings. The molecule has 0 saturated heterocycles. The molecular formula is C47H29N3OS. The number of hydrogen-bond acceptors (Lipinski definition) is 5. The van der Waals surface area contributed by atoms with Crippen LogP contribution in [0.15, 0.2) is 180 Å². The lowest BCUT2D eigenvalue weighted by molar-refractivity contribution is 0.669. The number of rotatable bonds is 6. The van der Waals surface area contributed by atoms with E-state index >= 15 is 0 Å². The Balaban J connectivity index is 0.994. The number of benzene rings is 7. The van der Waals surface area contributed by atoms with E-state index in [0.29, 0.717) is 5.82 Å². The molecule has 0 N–H and O–H groups in total. The quantitative estimate of drug-likeness (QED) is 0.175. The van der Waals surface area contributed by atoms with Crippen LogP contribution in [0, 0.1) is 0 Å². The van der Waals surface area contributed by atoms with Crippen LogP contribution in [0.3, 0.4) is 0 Å². The van der Waals surface area contributed by atoms with Crippen LogP contribution < -0.4 is 0 Å². The van der Waals surface area contributed by atoms with Crippen molar-refractivity contribution in [3.05, 3.63) is 176 Å². The summed E-state index contributed by atoms with van der Waals surface area (Å²) in [5.74, 6) is 0.682. The van der Waals surface area contributed by atoms with Gasteiger partial charge in [-0.2, -0.15) is 0 Å². The summed E-state index contributed by atoms with van der Waals surface area (Å²) in [6, 6.07) is 61.0. The number of hydrogen-bond donors (Lipinski definition) is 0. The van der Waals surface area contributed by atoms with E-state index in [0.717, 1.165) is 77.2 Å². The van der Waals surface area contributed by atoms with Gasteiger partial charge >= 0.3 is 0 Å². The molecule has 0 radical (unpaired) electrons. The van der Waals surface area contributed by atoms with Crippen molar-refractivity contribution in [2.75, 3.05) is 0 Å². The van der Waals surface area contributed by atoms with Gasteiger partial charge < -0.3 is 4.42 Å². The molecule has 3 heterocycles. The van der Waals surface area contributed by atoms with E-state index in [1.807, 2.05) is 48.5 Å². The van der Waals surface area contributed by atoms with Gasteiger partial charge in [-0.15, -0.1) is 11.3 Å². The predicted octanol–water partition coefficient (Wildman–Crippen LogP) is 13.0. The molecule has 0 saturated carbocycles. The molecule has 244 valence electrons. The van der Waals surface area contributed by atoms with Crippen LogP contribution in [-0.4, -0.2) is 15.0 Å². The third kappa shape index (κ3) is 5.54. The zero-order chi connectivity index (χ0) is 34.4. The molecular weight excluding hydrogens is 655 g/mol. The number of nitrogens with zero attached hydrogens (tertiary/aromatic N) is 3. The molecule has 0 spiro atoms. The largest absolute Gasteiger partial charge is 0.456 e. The average Bonchev–Trinajstić information content (AvgIpc) is 3.83. The van der Waals surface area contributed by atoms with Crippen molar-refractivity contribution < 1.29 is 4.42 Å². The van der Waals surface area contributed by atoms with Gasteiger partial charge in [0.1, 0.15) is 16.2 Å². The average molecular weight is 684 g/mol. The Labute approximate surface area is 304 Å². The summed E-state index contributed by atoms with van der Waals surface area (Å²) in [5.41, 5.74) is 13.3. The summed E-state index contributed by atoms with van der Waals surface area (Å²) >= 11 is 1.73. The third-order valence-electron chi connectivity index (χ3n) is 9.55. The monoisotopic (exact) mass is 683 g/mol. The highest BCUT2D eigenvalue weighted by Gasteiger charge is 2.14. The van der Waals surface area contributed by atoms with E-state index in [1.54, 1.807) is 11.3 Å². The first-order chi connectivity index (χ1) is 25.7. The molecule has 0 aliphatic carbocycles. The van der Waals surface area contributed by atoms with Crippen LogP contribution in [0.5, 0.6) is 0 Å². The summed E-state index contributed by atoms with van der Waals surface area (Å²) in [5, 5.41) is 3.21. The summed E-state index contributed by atoms with van der Waals surface area (Å²) < 4.78 is 7.29. The maximum Gasteiger partial charge on any atom is 0.160 e. The fourth-order valence-electron chi connectivity index (χ4n) is 6.86. The molecule has 0 aliphatic heterocycles. The first kappa shape index (κ1) is 30.2. The molecule has 10 aromatic rings. The van der Waals surface area contributed by atoms with Gasteiger partial charge in [0.25, 0.3) is 0 Å². The summed E-state index contributed by atoms with van der Waals surface area (Å²) in [4.78, 5) is 15.1. The minimum Gasteiger partial charge on any atom is -0.456 e. The normalized spacial score (nSPS) is 11.5. The van der Waals surface area contributed by atoms with E-state index in [1.165, 1.54) is 15.8 Å². The molecule has 4 nitrogen and oxygen atoms in total. The molecule has 3 aromatic heterocycles. The van der Waals surface area contributed by atoms with Crippen molar-refractivity contribution >= 4 is 43.5 Å². The van der Waals surface area contributed by atoms with Crippen molar-refractivity contribution in [2.45, 2.75) is 0 Å². The van der Waals surface area contributed by atoms with E-state index in [9.17, 15) is 0 Å². The Morgan fingerprint density at radius 2 is 0.962 bits per heavy atom. The zero-order valence-electron chi connectivity index (χ0n) is 27.9. The van der Waals surface area contributed by atoms with Crippen LogP contribution in [0.1, 0.15) is 0 Å². The zero-order valence-corrected chi connectivity index (χ0v) is 28.7. The third-order valence-corrected chi connectivity index (χ3v) is 10.6. The minimum atomic E-state index is 0.682. The second-order valence-corrected chi connectivity index (χ2v) is 13.9. The van der Waals surface area contributed by atoms with Crippen molar-refractivity contribution in [1.29, 1.82) is 0 Å². The minimum absolute atomic E-state index is 0.682. The van der Waals surface area contributed by atoms with Gasteiger partial charge in [0, 0.05) is 33.0 Å². The lowest BCUT2D eigenvalue weighted by Crippen LogP contribution is -1.96. The lowest BCUT2D eigenvalue weighted by atomic mass is 9.98. The highest BCUT2D eigenvalue weighted by molar-refractivity contribution is 7.21. The summed E-state index contributed by atoms with van der Waals surface area (Å²) in [6.45, 7) is 0. The van der Waals surface area contributed by atoms with Crippen LogP contribution in [-0.2, 0) is 0 Å². The lowest BCUT2D eigenvalue weighted by Gasteiger charge is -2.11. The maximum atomic E-state index is 6.11. The molecule has 0 bridgehead atoms. The maximum absolute atomic E-state index is 6.11. The number of fused-ring (bicyclic) bond motifs is 4. The van der Waals surface area contributed by atoms with E-state index in [-0.39, 0.29) is 0 Å². The van der Waals surface area contributed by atoms with Crippen LogP contribution in [0.4, 0.5) is 0 Å². The van der Waals surface area contributed by atoms with Crippen LogP contribution in [0.25, 0.3) is 98.9 Å². The molecule has 0 aliphatic rings. The second kappa shape index (κ2) is 12.6. The molecule has 10 rings (SSSR count). The smallest absolute Gasteiger partial charge is 0.160 e. The number of aromatic nitrogens is 3. The van der Waals surface area contributed by atoms with Gasteiger partial charge in [0.15, 0.2) is 5.82 Å². The molecule has 52 heavy (non-hydrogen) atoms. The Morgan fingerprint density at radius 1 is 0.365 bits per heavy atom.